The molecule has 1 heterocycles. The molecule has 2 unspecified atom stereocenters. The van der Waals surface area contributed by atoms with E-state index in [-0.39, 0.29) is 0 Å². The number of rotatable bonds is 3. The fraction of sp³-hybridized carbons (Fsp3) is 0.600. The Morgan fingerprint density at radius 3 is 2.59 bits per heavy atom. The first kappa shape index (κ1) is 12.4. The molecule has 0 saturated carbocycles. The van der Waals surface area contributed by atoms with Crippen molar-refractivity contribution < 1.29 is 4.74 Å². The standard InChI is InChI=1S/C15H23NO/c1-11(2)15-10-14(8-9-17-15)16-13-6-4-12(3)5-7-13/h4-7,11,14-16H,8-10H2,1-3H3. The van der Waals surface area contributed by atoms with Crippen molar-refractivity contribution in [3.05, 3.63) is 29.8 Å². The molecule has 94 valence electrons. The molecule has 1 aliphatic heterocycles. The van der Waals surface area contributed by atoms with Gasteiger partial charge in [0, 0.05) is 18.3 Å². The van der Waals surface area contributed by atoms with Crippen molar-refractivity contribution in [1.82, 2.24) is 0 Å². The molecule has 1 N–H and O–H groups in total. The van der Waals surface area contributed by atoms with E-state index in [0.717, 1.165) is 19.4 Å². The van der Waals surface area contributed by atoms with Crippen molar-refractivity contribution in [3.8, 4) is 0 Å². The van der Waals surface area contributed by atoms with Crippen molar-refractivity contribution in [2.45, 2.75) is 45.8 Å². The minimum absolute atomic E-state index is 0.409. The Labute approximate surface area is 104 Å². The molecule has 0 bridgehead atoms. The van der Waals surface area contributed by atoms with Crippen LogP contribution in [-0.2, 0) is 4.74 Å². The predicted molar refractivity (Wildman–Crippen MR) is 72.4 cm³/mol. The fourth-order valence-electron chi connectivity index (χ4n) is 2.31. The maximum atomic E-state index is 5.79. The summed E-state index contributed by atoms with van der Waals surface area (Å²) >= 11 is 0. The van der Waals surface area contributed by atoms with Gasteiger partial charge in [0.05, 0.1) is 6.10 Å². The van der Waals surface area contributed by atoms with Crippen LogP contribution in [0.1, 0.15) is 32.3 Å². The Kier molecular flexibility index (Phi) is 4.06. The summed E-state index contributed by atoms with van der Waals surface area (Å²) in [7, 11) is 0. The van der Waals surface area contributed by atoms with Gasteiger partial charge in [-0.05, 0) is 37.8 Å². The average Bonchev–Trinajstić information content (AvgIpc) is 2.32. The summed E-state index contributed by atoms with van der Waals surface area (Å²) in [4.78, 5) is 0. The third-order valence-corrected chi connectivity index (χ3v) is 3.48. The van der Waals surface area contributed by atoms with E-state index >= 15 is 0 Å². The van der Waals surface area contributed by atoms with Gasteiger partial charge in [-0.15, -0.1) is 0 Å². The van der Waals surface area contributed by atoms with Crippen molar-refractivity contribution in [2.24, 2.45) is 5.92 Å². The van der Waals surface area contributed by atoms with E-state index in [0.29, 0.717) is 18.1 Å². The van der Waals surface area contributed by atoms with Gasteiger partial charge in [-0.2, -0.15) is 0 Å². The third-order valence-electron chi connectivity index (χ3n) is 3.48. The molecule has 1 aliphatic rings. The zero-order valence-electron chi connectivity index (χ0n) is 11.1. The summed E-state index contributed by atoms with van der Waals surface area (Å²) in [6.07, 6.45) is 2.63. The van der Waals surface area contributed by atoms with Gasteiger partial charge in [0.25, 0.3) is 0 Å². The molecular formula is C15H23NO. The summed E-state index contributed by atoms with van der Waals surface area (Å²) in [6, 6.07) is 9.19. The normalized spacial score (nSPS) is 24.9. The van der Waals surface area contributed by atoms with Crippen LogP contribution in [0.2, 0.25) is 0 Å². The lowest BCUT2D eigenvalue weighted by Gasteiger charge is -2.33. The van der Waals surface area contributed by atoms with Gasteiger partial charge in [0.2, 0.25) is 0 Å². The summed E-state index contributed by atoms with van der Waals surface area (Å²) < 4.78 is 5.79. The van der Waals surface area contributed by atoms with Crippen LogP contribution in [0.4, 0.5) is 5.69 Å². The summed E-state index contributed by atoms with van der Waals surface area (Å²) in [5, 5.41) is 3.61. The van der Waals surface area contributed by atoms with E-state index in [1.165, 1.54) is 11.3 Å². The topological polar surface area (TPSA) is 21.3 Å². The zero-order chi connectivity index (χ0) is 12.3. The first-order valence-electron chi connectivity index (χ1n) is 6.60. The lowest BCUT2D eigenvalue weighted by molar-refractivity contribution is -0.0160. The molecule has 1 fully saturated rings. The average molecular weight is 233 g/mol. The van der Waals surface area contributed by atoms with Gasteiger partial charge < -0.3 is 10.1 Å². The van der Waals surface area contributed by atoms with Crippen LogP contribution in [0.3, 0.4) is 0 Å². The van der Waals surface area contributed by atoms with Crippen LogP contribution < -0.4 is 5.32 Å². The number of anilines is 1. The van der Waals surface area contributed by atoms with Crippen molar-refractivity contribution in [3.63, 3.8) is 0 Å². The van der Waals surface area contributed by atoms with Crippen LogP contribution in [0.5, 0.6) is 0 Å². The van der Waals surface area contributed by atoms with Gasteiger partial charge >= 0.3 is 0 Å². The van der Waals surface area contributed by atoms with Gasteiger partial charge in [0.1, 0.15) is 0 Å². The maximum absolute atomic E-state index is 5.79. The van der Waals surface area contributed by atoms with Gasteiger partial charge in [-0.3, -0.25) is 0 Å². The van der Waals surface area contributed by atoms with Crippen LogP contribution in [0.25, 0.3) is 0 Å². The van der Waals surface area contributed by atoms with E-state index in [1.54, 1.807) is 0 Å². The molecular weight excluding hydrogens is 210 g/mol. The van der Waals surface area contributed by atoms with E-state index in [2.05, 4.69) is 50.4 Å². The number of ether oxygens (including phenoxy) is 1. The highest BCUT2D eigenvalue weighted by Crippen LogP contribution is 2.23. The van der Waals surface area contributed by atoms with Crippen LogP contribution in [-0.4, -0.2) is 18.8 Å². The molecule has 17 heavy (non-hydrogen) atoms. The fourth-order valence-corrected chi connectivity index (χ4v) is 2.31. The smallest absolute Gasteiger partial charge is 0.0617 e. The molecule has 0 amide bonds. The van der Waals surface area contributed by atoms with Crippen molar-refractivity contribution in [1.29, 1.82) is 0 Å². The van der Waals surface area contributed by atoms with Crippen LogP contribution in [0, 0.1) is 12.8 Å². The third kappa shape index (κ3) is 3.47. The number of benzene rings is 1. The Hall–Kier alpha value is -1.02. The molecule has 2 rings (SSSR count). The predicted octanol–water partition coefficient (Wildman–Crippen LogP) is 3.61. The highest BCUT2D eigenvalue weighted by molar-refractivity contribution is 5.45. The summed E-state index contributed by atoms with van der Waals surface area (Å²) in [6.45, 7) is 7.47. The lowest BCUT2D eigenvalue weighted by atomic mass is 9.95. The molecule has 0 radical (unpaired) electrons. The number of hydrogen-bond acceptors (Lipinski definition) is 2. The van der Waals surface area contributed by atoms with E-state index in [1.807, 2.05) is 0 Å². The SMILES string of the molecule is Cc1ccc(NC2CCOC(C(C)C)C2)cc1. The first-order valence-corrected chi connectivity index (χ1v) is 6.60. The Balaban J connectivity index is 1.92. The quantitative estimate of drug-likeness (QED) is 0.861. The first-order chi connectivity index (χ1) is 8.15. The number of aryl methyl sites for hydroxylation is 1. The lowest BCUT2D eigenvalue weighted by Crippen LogP contribution is -2.36. The minimum atomic E-state index is 0.409. The molecule has 2 heteroatoms. The number of nitrogens with one attached hydrogen (secondary N) is 1. The van der Waals surface area contributed by atoms with Crippen molar-refractivity contribution >= 4 is 5.69 Å². The van der Waals surface area contributed by atoms with Gasteiger partial charge in [-0.25, -0.2) is 0 Å². The van der Waals surface area contributed by atoms with Crippen molar-refractivity contribution in [2.75, 3.05) is 11.9 Å². The summed E-state index contributed by atoms with van der Waals surface area (Å²) in [5.74, 6) is 0.609. The van der Waals surface area contributed by atoms with E-state index < -0.39 is 0 Å². The molecule has 2 atom stereocenters. The molecule has 2 nitrogen and oxygen atoms in total. The van der Waals surface area contributed by atoms with E-state index in [4.69, 9.17) is 4.74 Å². The van der Waals surface area contributed by atoms with Crippen LogP contribution >= 0.6 is 0 Å². The summed E-state index contributed by atoms with van der Waals surface area (Å²) in [5.41, 5.74) is 2.53. The largest absolute Gasteiger partial charge is 0.382 e. The highest BCUT2D eigenvalue weighted by Gasteiger charge is 2.24. The highest BCUT2D eigenvalue weighted by atomic mass is 16.5. The molecule has 1 aromatic rings. The van der Waals surface area contributed by atoms with Gasteiger partial charge in [0.15, 0.2) is 0 Å². The Morgan fingerprint density at radius 2 is 1.94 bits per heavy atom. The zero-order valence-corrected chi connectivity index (χ0v) is 11.1. The second-order valence-electron chi connectivity index (χ2n) is 5.38. The van der Waals surface area contributed by atoms with Gasteiger partial charge in [-0.1, -0.05) is 31.5 Å². The molecule has 1 saturated heterocycles. The van der Waals surface area contributed by atoms with E-state index in [9.17, 15) is 0 Å². The Morgan fingerprint density at radius 1 is 1.24 bits per heavy atom. The molecule has 1 aromatic carbocycles. The molecule has 0 aliphatic carbocycles. The molecule has 0 aromatic heterocycles. The second kappa shape index (κ2) is 5.54. The van der Waals surface area contributed by atoms with Crippen LogP contribution in [0.15, 0.2) is 24.3 Å². The second-order valence-corrected chi connectivity index (χ2v) is 5.38. The minimum Gasteiger partial charge on any atom is -0.382 e. The maximum Gasteiger partial charge on any atom is 0.0617 e. The monoisotopic (exact) mass is 233 g/mol. The molecule has 0 spiro atoms. The Bertz CT molecular complexity index is 344. The number of hydrogen-bond donors (Lipinski definition) is 1.